The Morgan fingerprint density at radius 2 is 2.30 bits per heavy atom. The summed E-state index contributed by atoms with van der Waals surface area (Å²) in [5.41, 5.74) is 0.814. The van der Waals surface area contributed by atoms with Crippen molar-refractivity contribution in [1.82, 2.24) is 4.98 Å². The van der Waals surface area contributed by atoms with E-state index in [0.29, 0.717) is 10.2 Å². The lowest BCUT2D eigenvalue weighted by atomic mass is 10.2. The Labute approximate surface area is 143 Å². The largest absolute Gasteiger partial charge is 0.301 e. The molecule has 2 rings (SSSR count). The molecule has 0 saturated carbocycles. The number of nitrogens with zero attached hydrogens (tertiary/aromatic N) is 1. The molecule has 1 aromatic carbocycles. The Morgan fingerprint density at radius 1 is 1.55 bits per heavy atom. The van der Waals surface area contributed by atoms with Crippen LogP contribution in [0.4, 0.5) is 5.13 Å². The summed E-state index contributed by atoms with van der Waals surface area (Å²) in [5, 5.41) is 4.08. The number of hydrogen-bond donors (Lipinski definition) is 1. The minimum atomic E-state index is -0.179. The van der Waals surface area contributed by atoms with Crippen LogP contribution in [0.25, 0.3) is 10.2 Å². The number of anilines is 1. The fraction of sp³-hybridized carbons (Fsp3) is 0.385. The molecule has 1 atom stereocenters. The van der Waals surface area contributed by atoms with Crippen molar-refractivity contribution in [2.45, 2.75) is 31.0 Å². The highest BCUT2D eigenvalue weighted by Gasteiger charge is 2.16. The number of thiazole rings is 1. The fourth-order valence-electron chi connectivity index (χ4n) is 1.71. The van der Waals surface area contributed by atoms with Crippen LogP contribution in [0.2, 0.25) is 5.02 Å². The Morgan fingerprint density at radius 3 is 3.00 bits per heavy atom. The molecule has 1 aromatic heterocycles. The van der Waals surface area contributed by atoms with Gasteiger partial charge in [-0.1, -0.05) is 58.6 Å². The number of carbonyl (C=O) groups excluding carboxylic acids is 1. The predicted octanol–water partition coefficient (Wildman–Crippen LogP) is 5.60. The highest BCUT2D eigenvalue weighted by Crippen LogP contribution is 2.34. The van der Waals surface area contributed by atoms with Gasteiger partial charge in [0.1, 0.15) is 0 Å². The lowest BCUT2D eigenvalue weighted by molar-refractivity contribution is -0.115. The number of unbranched alkanes of at least 4 members (excludes halogenated alkanes) is 1. The summed E-state index contributed by atoms with van der Waals surface area (Å²) in [6.45, 7) is 2.10. The van der Waals surface area contributed by atoms with Gasteiger partial charge in [-0.2, -0.15) is 0 Å². The predicted molar refractivity (Wildman–Crippen MR) is 93.2 cm³/mol. The number of rotatable bonds is 5. The van der Waals surface area contributed by atoms with Gasteiger partial charge in [-0.15, -0.1) is 0 Å². The van der Waals surface area contributed by atoms with Gasteiger partial charge in [0.05, 0.1) is 15.0 Å². The summed E-state index contributed by atoms with van der Waals surface area (Å²) < 4.78 is 1.78. The molecule has 1 heterocycles. The Bertz CT molecular complexity index is 632. The first kappa shape index (κ1) is 16.2. The summed E-state index contributed by atoms with van der Waals surface area (Å²) in [5.74, 6) is -0.0558. The summed E-state index contributed by atoms with van der Waals surface area (Å²) in [7, 11) is 0. The molecular weight excluding hydrogens is 427 g/mol. The van der Waals surface area contributed by atoms with Gasteiger partial charge in [0.15, 0.2) is 5.13 Å². The van der Waals surface area contributed by atoms with Crippen molar-refractivity contribution >= 4 is 76.1 Å². The first-order valence-electron chi connectivity index (χ1n) is 6.21. The molecule has 1 amide bonds. The van der Waals surface area contributed by atoms with Crippen molar-refractivity contribution in [2.24, 2.45) is 0 Å². The van der Waals surface area contributed by atoms with Gasteiger partial charge < -0.3 is 5.32 Å². The number of benzene rings is 1. The maximum Gasteiger partial charge on any atom is 0.239 e. The number of fused-ring (bicyclic) bond motifs is 1. The molecule has 0 saturated heterocycles. The number of nitrogens with one attached hydrogen (secondary N) is 1. The van der Waals surface area contributed by atoms with E-state index in [0.717, 1.165) is 34.0 Å². The van der Waals surface area contributed by atoms with Crippen molar-refractivity contribution < 1.29 is 4.79 Å². The van der Waals surface area contributed by atoms with E-state index in [9.17, 15) is 4.79 Å². The van der Waals surface area contributed by atoms with Crippen LogP contribution in [0.15, 0.2) is 16.6 Å². The molecule has 108 valence electrons. The third-order valence-electron chi connectivity index (χ3n) is 2.74. The first-order valence-corrected chi connectivity index (χ1v) is 9.12. The molecule has 0 fully saturated rings. The molecule has 20 heavy (non-hydrogen) atoms. The molecule has 1 unspecified atom stereocenters. The topological polar surface area (TPSA) is 42.0 Å². The second-order valence-corrected chi connectivity index (χ2v) is 7.78. The van der Waals surface area contributed by atoms with E-state index in [2.05, 4.69) is 49.1 Å². The average molecular weight is 441 g/mol. The number of amides is 1. The highest BCUT2D eigenvalue weighted by molar-refractivity contribution is 9.10. The SMILES string of the molecule is CCCCC(Br)C(=O)Nc1nc2c(Br)cc(Cl)cc2s1. The lowest BCUT2D eigenvalue weighted by Gasteiger charge is -2.07. The number of alkyl halides is 1. The second-order valence-electron chi connectivity index (χ2n) is 4.35. The van der Waals surface area contributed by atoms with Crippen molar-refractivity contribution in [1.29, 1.82) is 0 Å². The zero-order chi connectivity index (χ0) is 14.7. The van der Waals surface area contributed by atoms with Crippen LogP contribution in [-0.2, 0) is 4.79 Å². The van der Waals surface area contributed by atoms with Gasteiger partial charge >= 0.3 is 0 Å². The number of aromatic nitrogens is 1. The standard InChI is InChI=1S/C13H13Br2ClN2OS/c1-2-3-4-8(14)12(19)18-13-17-11-9(15)5-7(16)6-10(11)20-13/h5-6,8H,2-4H2,1H3,(H,17,18,19). The maximum atomic E-state index is 12.0. The van der Waals surface area contributed by atoms with E-state index >= 15 is 0 Å². The molecule has 2 aromatic rings. The Kier molecular flexibility index (Phi) is 5.84. The van der Waals surface area contributed by atoms with Crippen molar-refractivity contribution in [3.63, 3.8) is 0 Å². The van der Waals surface area contributed by atoms with Gasteiger partial charge in [-0.3, -0.25) is 4.79 Å². The van der Waals surface area contributed by atoms with E-state index < -0.39 is 0 Å². The molecule has 1 N–H and O–H groups in total. The maximum absolute atomic E-state index is 12.0. The highest BCUT2D eigenvalue weighted by atomic mass is 79.9. The quantitative estimate of drug-likeness (QED) is 0.615. The van der Waals surface area contributed by atoms with Gasteiger partial charge in [-0.25, -0.2) is 4.98 Å². The van der Waals surface area contributed by atoms with E-state index in [-0.39, 0.29) is 10.7 Å². The van der Waals surface area contributed by atoms with Crippen molar-refractivity contribution in [3.8, 4) is 0 Å². The molecule has 0 aliphatic carbocycles. The van der Waals surface area contributed by atoms with Gasteiger partial charge in [0.2, 0.25) is 5.91 Å². The van der Waals surface area contributed by atoms with Crippen molar-refractivity contribution in [2.75, 3.05) is 5.32 Å². The van der Waals surface area contributed by atoms with Crippen LogP contribution in [0, 0.1) is 0 Å². The van der Waals surface area contributed by atoms with Crippen LogP contribution in [0.3, 0.4) is 0 Å². The summed E-state index contributed by atoms with van der Waals surface area (Å²) in [6, 6.07) is 3.64. The summed E-state index contributed by atoms with van der Waals surface area (Å²) in [4.78, 5) is 16.3. The number of carbonyl (C=O) groups is 1. The zero-order valence-corrected chi connectivity index (χ0v) is 15.5. The van der Waals surface area contributed by atoms with Crippen LogP contribution in [0.5, 0.6) is 0 Å². The van der Waals surface area contributed by atoms with E-state index in [4.69, 9.17) is 11.6 Å². The molecule has 3 nitrogen and oxygen atoms in total. The van der Waals surface area contributed by atoms with Crippen molar-refractivity contribution in [3.05, 3.63) is 21.6 Å². The summed E-state index contributed by atoms with van der Waals surface area (Å²) >= 11 is 14.3. The van der Waals surface area contributed by atoms with Crippen LogP contribution in [-0.4, -0.2) is 15.7 Å². The molecular formula is C13H13Br2ClN2OS. The van der Waals surface area contributed by atoms with E-state index in [1.807, 2.05) is 6.07 Å². The third kappa shape index (κ3) is 3.93. The van der Waals surface area contributed by atoms with Gasteiger partial charge in [-0.05, 0) is 34.5 Å². The molecule has 7 heteroatoms. The van der Waals surface area contributed by atoms with E-state index in [1.54, 1.807) is 6.07 Å². The minimum absolute atomic E-state index is 0.0558. The third-order valence-corrected chi connectivity index (χ3v) is 5.35. The van der Waals surface area contributed by atoms with Crippen LogP contribution >= 0.6 is 54.8 Å². The van der Waals surface area contributed by atoms with Crippen LogP contribution in [0.1, 0.15) is 26.2 Å². The smallest absolute Gasteiger partial charge is 0.239 e. The first-order chi connectivity index (χ1) is 9.51. The molecule has 0 radical (unpaired) electrons. The molecule has 0 aliphatic heterocycles. The molecule has 0 spiro atoms. The lowest BCUT2D eigenvalue weighted by Crippen LogP contribution is -2.22. The average Bonchev–Trinajstić information content (AvgIpc) is 2.78. The Hall–Kier alpha value is -0.170. The second kappa shape index (κ2) is 7.20. The monoisotopic (exact) mass is 438 g/mol. The Balaban J connectivity index is 2.14. The fourth-order valence-corrected chi connectivity index (χ4v) is 4.18. The molecule has 0 aliphatic rings. The van der Waals surface area contributed by atoms with Gasteiger partial charge in [0.25, 0.3) is 0 Å². The van der Waals surface area contributed by atoms with E-state index in [1.165, 1.54) is 11.3 Å². The number of halogens is 3. The number of hydrogen-bond acceptors (Lipinski definition) is 3. The molecule has 0 bridgehead atoms. The normalized spacial score (nSPS) is 12.6. The zero-order valence-electron chi connectivity index (χ0n) is 10.8. The minimum Gasteiger partial charge on any atom is -0.301 e. The summed E-state index contributed by atoms with van der Waals surface area (Å²) in [6.07, 6.45) is 2.91. The van der Waals surface area contributed by atoms with Crippen LogP contribution < -0.4 is 5.32 Å². The van der Waals surface area contributed by atoms with Gasteiger partial charge in [0, 0.05) is 9.50 Å².